The number of thiazole rings is 1. The number of carbonyl (C=O) groups excluding carboxylic acids is 1. The maximum absolute atomic E-state index is 11.9. The lowest BCUT2D eigenvalue weighted by Crippen LogP contribution is -2.09. The van der Waals surface area contributed by atoms with Crippen LogP contribution in [0.2, 0.25) is 0 Å². The number of aromatic nitrogens is 1. The lowest BCUT2D eigenvalue weighted by Gasteiger charge is -1.98. The van der Waals surface area contributed by atoms with Crippen LogP contribution in [0.25, 0.3) is 11.3 Å². The molecule has 0 aliphatic carbocycles. The zero-order valence-electron chi connectivity index (χ0n) is 11.1. The second-order valence-electron chi connectivity index (χ2n) is 4.28. The SMILES string of the molecule is O=C(Nc1nc(-c2cccc([N+](=O)[O-])c2)cs1)c1cccs1. The predicted molar refractivity (Wildman–Crippen MR) is 86.5 cm³/mol. The second-order valence-corrected chi connectivity index (χ2v) is 6.08. The number of rotatable bonds is 4. The zero-order valence-corrected chi connectivity index (χ0v) is 12.7. The van der Waals surface area contributed by atoms with E-state index in [1.54, 1.807) is 29.6 Å². The largest absolute Gasteiger partial charge is 0.297 e. The van der Waals surface area contributed by atoms with E-state index in [0.717, 1.165) is 0 Å². The molecule has 0 saturated carbocycles. The molecule has 110 valence electrons. The fourth-order valence-corrected chi connectivity index (χ4v) is 3.14. The summed E-state index contributed by atoms with van der Waals surface area (Å²) < 4.78 is 0. The van der Waals surface area contributed by atoms with Gasteiger partial charge in [-0.3, -0.25) is 20.2 Å². The average molecular weight is 331 g/mol. The van der Waals surface area contributed by atoms with Gasteiger partial charge in [0.25, 0.3) is 11.6 Å². The number of hydrogen-bond acceptors (Lipinski definition) is 6. The maximum Gasteiger partial charge on any atom is 0.270 e. The summed E-state index contributed by atoms with van der Waals surface area (Å²) in [5.74, 6) is -0.213. The molecule has 0 atom stereocenters. The van der Waals surface area contributed by atoms with Gasteiger partial charge in [0.2, 0.25) is 0 Å². The first kappa shape index (κ1) is 14.4. The Morgan fingerprint density at radius 3 is 2.82 bits per heavy atom. The van der Waals surface area contributed by atoms with Crippen molar-refractivity contribution in [3.8, 4) is 11.3 Å². The number of benzene rings is 1. The normalized spacial score (nSPS) is 10.4. The molecule has 2 aromatic heterocycles. The Bertz CT molecular complexity index is 827. The van der Waals surface area contributed by atoms with Crippen LogP contribution >= 0.6 is 22.7 Å². The smallest absolute Gasteiger partial charge is 0.270 e. The van der Waals surface area contributed by atoms with Crippen LogP contribution in [0.5, 0.6) is 0 Å². The number of amides is 1. The minimum absolute atomic E-state index is 0.00895. The summed E-state index contributed by atoms with van der Waals surface area (Å²) >= 11 is 2.62. The maximum atomic E-state index is 11.9. The summed E-state index contributed by atoms with van der Waals surface area (Å²) in [5, 5.41) is 17.6. The number of nitrogens with one attached hydrogen (secondary N) is 1. The minimum atomic E-state index is -0.449. The molecule has 1 aromatic carbocycles. The average Bonchev–Trinajstić information content (AvgIpc) is 3.19. The predicted octanol–water partition coefficient (Wildman–Crippen LogP) is 4.03. The third-order valence-electron chi connectivity index (χ3n) is 2.82. The van der Waals surface area contributed by atoms with Gasteiger partial charge in [-0.2, -0.15) is 0 Å². The van der Waals surface area contributed by atoms with E-state index in [9.17, 15) is 14.9 Å². The number of nitro groups is 1. The van der Waals surface area contributed by atoms with Gasteiger partial charge in [0.05, 0.1) is 15.5 Å². The van der Waals surface area contributed by atoms with Crippen molar-refractivity contribution in [3.05, 3.63) is 62.1 Å². The summed E-state index contributed by atoms with van der Waals surface area (Å²) in [6.45, 7) is 0. The van der Waals surface area contributed by atoms with Crippen molar-refractivity contribution in [2.75, 3.05) is 5.32 Å². The van der Waals surface area contributed by atoms with Crippen LogP contribution in [0.4, 0.5) is 10.8 Å². The molecule has 3 aromatic rings. The molecule has 22 heavy (non-hydrogen) atoms. The molecule has 0 aliphatic heterocycles. The number of non-ortho nitro benzene ring substituents is 1. The van der Waals surface area contributed by atoms with Crippen molar-refractivity contribution in [2.45, 2.75) is 0 Å². The molecule has 0 saturated heterocycles. The van der Waals surface area contributed by atoms with E-state index in [1.807, 2.05) is 5.38 Å². The standard InChI is InChI=1S/C14H9N3O3S2/c18-13(12-5-2-6-21-12)16-14-15-11(8-22-14)9-3-1-4-10(7-9)17(19)20/h1-8H,(H,15,16,18). The Morgan fingerprint density at radius 1 is 1.23 bits per heavy atom. The van der Waals surface area contributed by atoms with Gasteiger partial charge in [-0.25, -0.2) is 4.98 Å². The molecule has 3 rings (SSSR count). The fraction of sp³-hybridized carbons (Fsp3) is 0. The molecule has 0 spiro atoms. The molecule has 0 fully saturated rings. The lowest BCUT2D eigenvalue weighted by atomic mass is 10.1. The van der Waals surface area contributed by atoms with Crippen LogP contribution < -0.4 is 5.32 Å². The van der Waals surface area contributed by atoms with Crippen molar-refractivity contribution in [2.24, 2.45) is 0 Å². The molecule has 6 nitrogen and oxygen atoms in total. The molecular formula is C14H9N3O3S2. The zero-order chi connectivity index (χ0) is 15.5. The van der Waals surface area contributed by atoms with E-state index >= 15 is 0 Å². The van der Waals surface area contributed by atoms with Gasteiger partial charge in [-0.1, -0.05) is 18.2 Å². The summed E-state index contributed by atoms with van der Waals surface area (Å²) in [6, 6.07) is 9.77. The summed E-state index contributed by atoms with van der Waals surface area (Å²) in [5.41, 5.74) is 1.24. The molecule has 0 bridgehead atoms. The minimum Gasteiger partial charge on any atom is -0.297 e. The Labute approximate surface area is 133 Å². The van der Waals surface area contributed by atoms with E-state index in [0.29, 0.717) is 21.3 Å². The Hall–Kier alpha value is -2.58. The molecule has 0 radical (unpaired) electrons. The van der Waals surface area contributed by atoms with E-state index < -0.39 is 4.92 Å². The highest BCUT2D eigenvalue weighted by Crippen LogP contribution is 2.27. The first-order chi connectivity index (χ1) is 10.6. The van der Waals surface area contributed by atoms with Gasteiger partial charge >= 0.3 is 0 Å². The quantitative estimate of drug-likeness (QED) is 0.577. The first-order valence-electron chi connectivity index (χ1n) is 6.19. The van der Waals surface area contributed by atoms with E-state index in [2.05, 4.69) is 10.3 Å². The fourth-order valence-electron chi connectivity index (χ4n) is 1.81. The Balaban J connectivity index is 1.80. The van der Waals surface area contributed by atoms with Crippen molar-refractivity contribution in [1.82, 2.24) is 4.98 Å². The summed E-state index contributed by atoms with van der Waals surface area (Å²) in [7, 11) is 0. The number of anilines is 1. The van der Waals surface area contributed by atoms with Crippen molar-refractivity contribution in [3.63, 3.8) is 0 Å². The van der Waals surface area contributed by atoms with Crippen molar-refractivity contribution < 1.29 is 9.72 Å². The third-order valence-corrected chi connectivity index (χ3v) is 4.45. The molecule has 1 amide bonds. The lowest BCUT2D eigenvalue weighted by molar-refractivity contribution is -0.384. The molecule has 1 N–H and O–H groups in total. The van der Waals surface area contributed by atoms with E-state index in [1.165, 1.54) is 34.8 Å². The summed E-state index contributed by atoms with van der Waals surface area (Å²) in [4.78, 5) is 27.2. The van der Waals surface area contributed by atoms with Gasteiger partial charge in [0, 0.05) is 23.1 Å². The highest BCUT2D eigenvalue weighted by atomic mass is 32.1. The van der Waals surface area contributed by atoms with Gasteiger partial charge in [-0.15, -0.1) is 22.7 Å². The van der Waals surface area contributed by atoms with Crippen LogP contribution in [0.3, 0.4) is 0 Å². The van der Waals surface area contributed by atoms with Crippen molar-refractivity contribution >= 4 is 39.4 Å². The van der Waals surface area contributed by atoms with Gasteiger partial charge < -0.3 is 0 Å². The van der Waals surface area contributed by atoms with Gasteiger partial charge in [-0.05, 0) is 11.4 Å². The second kappa shape index (κ2) is 6.04. The Morgan fingerprint density at radius 2 is 2.09 bits per heavy atom. The van der Waals surface area contributed by atoms with Crippen LogP contribution in [0, 0.1) is 10.1 Å². The highest BCUT2D eigenvalue weighted by Gasteiger charge is 2.12. The number of nitrogens with zero attached hydrogens (tertiary/aromatic N) is 2. The van der Waals surface area contributed by atoms with Crippen LogP contribution in [0.15, 0.2) is 47.2 Å². The molecule has 0 unspecified atom stereocenters. The Kier molecular flexibility index (Phi) is 3.94. The van der Waals surface area contributed by atoms with Crippen molar-refractivity contribution in [1.29, 1.82) is 0 Å². The molecular weight excluding hydrogens is 322 g/mol. The van der Waals surface area contributed by atoms with Gasteiger partial charge in [0.15, 0.2) is 5.13 Å². The topological polar surface area (TPSA) is 85.1 Å². The van der Waals surface area contributed by atoms with Gasteiger partial charge in [0.1, 0.15) is 0 Å². The molecule has 2 heterocycles. The highest BCUT2D eigenvalue weighted by molar-refractivity contribution is 7.14. The monoisotopic (exact) mass is 331 g/mol. The van der Waals surface area contributed by atoms with E-state index in [4.69, 9.17) is 0 Å². The number of nitro benzene ring substituents is 1. The number of hydrogen-bond donors (Lipinski definition) is 1. The number of thiophene rings is 1. The molecule has 8 heteroatoms. The first-order valence-corrected chi connectivity index (χ1v) is 7.94. The number of carbonyl (C=O) groups is 1. The van der Waals surface area contributed by atoms with Crippen LogP contribution in [0.1, 0.15) is 9.67 Å². The summed E-state index contributed by atoms with van der Waals surface area (Å²) in [6.07, 6.45) is 0. The molecule has 0 aliphatic rings. The third kappa shape index (κ3) is 3.02. The van der Waals surface area contributed by atoms with Crippen LogP contribution in [-0.4, -0.2) is 15.8 Å². The van der Waals surface area contributed by atoms with E-state index in [-0.39, 0.29) is 11.6 Å². The van der Waals surface area contributed by atoms with Crippen LogP contribution in [-0.2, 0) is 0 Å².